The van der Waals surface area contributed by atoms with Crippen LogP contribution in [-0.2, 0) is 11.2 Å². The Hall–Kier alpha value is -2.74. The van der Waals surface area contributed by atoms with Crippen LogP contribution in [0, 0.1) is 11.3 Å². The Bertz CT molecular complexity index is 724. The topological polar surface area (TPSA) is 85.9 Å². The van der Waals surface area contributed by atoms with Crippen LogP contribution in [0.25, 0.3) is 11.3 Å². The maximum atomic E-state index is 11.6. The molecule has 2 heterocycles. The van der Waals surface area contributed by atoms with Crippen LogP contribution in [0.15, 0.2) is 24.3 Å². The van der Waals surface area contributed by atoms with Crippen molar-refractivity contribution in [1.82, 2.24) is 4.98 Å². The number of rotatable bonds is 1. The van der Waals surface area contributed by atoms with E-state index in [4.69, 9.17) is 11.0 Å². The van der Waals surface area contributed by atoms with Crippen LogP contribution >= 0.6 is 0 Å². The number of aromatic amines is 1. The third kappa shape index (κ3) is 1.66. The summed E-state index contributed by atoms with van der Waals surface area (Å²) in [5, 5.41) is 8.90. The van der Waals surface area contributed by atoms with Gasteiger partial charge in [-0.3, -0.25) is 4.79 Å². The number of amides is 1. The largest absolute Gasteiger partial charge is 0.384 e. The SMILES string of the molecule is CN1C(=O)Cc2cc(-c3cc(C#N)c(N)[nH]3)ccc21. The maximum Gasteiger partial charge on any atom is 0.231 e. The van der Waals surface area contributed by atoms with E-state index < -0.39 is 0 Å². The van der Waals surface area contributed by atoms with Gasteiger partial charge in [-0.05, 0) is 29.3 Å². The van der Waals surface area contributed by atoms with E-state index in [0.717, 1.165) is 22.5 Å². The van der Waals surface area contributed by atoms with Gasteiger partial charge in [0.15, 0.2) is 0 Å². The van der Waals surface area contributed by atoms with E-state index in [9.17, 15) is 4.79 Å². The molecule has 0 aliphatic carbocycles. The second-order valence-corrected chi connectivity index (χ2v) is 4.60. The van der Waals surface area contributed by atoms with Gasteiger partial charge in [-0.2, -0.15) is 5.26 Å². The van der Waals surface area contributed by atoms with Crippen LogP contribution in [0.2, 0.25) is 0 Å². The van der Waals surface area contributed by atoms with Crippen LogP contribution in [0.1, 0.15) is 11.1 Å². The third-order valence-electron chi connectivity index (χ3n) is 3.44. The number of hydrogen-bond donors (Lipinski definition) is 2. The molecule has 0 unspecified atom stereocenters. The van der Waals surface area contributed by atoms with Gasteiger partial charge in [-0.1, -0.05) is 6.07 Å². The van der Waals surface area contributed by atoms with Crippen molar-refractivity contribution in [2.45, 2.75) is 6.42 Å². The normalized spacial score (nSPS) is 13.5. The lowest BCUT2D eigenvalue weighted by Crippen LogP contribution is -2.20. The van der Waals surface area contributed by atoms with Crippen molar-refractivity contribution in [3.05, 3.63) is 35.4 Å². The van der Waals surface area contributed by atoms with Crippen LogP contribution in [0.4, 0.5) is 11.5 Å². The Morgan fingerprint density at radius 2 is 2.21 bits per heavy atom. The number of aromatic nitrogens is 1. The molecule has 5 heteroatoms. The van der Waals surface area contributed by atoms with Gasteiger partial charge in [0.05, 0.1) is 12.0 Å². The number of carbonyl (C=O) groups is 1. The van der Waals surface area contributed by atoms with Crippen LogP contribution in [-0.4, -0.2) is 17.9 Å². The molecular weight excluding hydrogens is 240 g/mol. The van der Waals surface area contributed by atoms with Crippen molar-refractivity contribution in [3.63, 3.8) is 0 Å². The van der Waals surface area contributed by atoms with Gasteiger partial charge in [0.1, 0.15) is 11.9 Å². The molecule has 1 aliphatic rings. The third-order valence-corrected chi connectivity index (χ3v) is 3.44. The number of likely N-dealkylation sites (N-methyl/N-ethyl adjacent to an activating group) is 1. The Balaban J connectivity index is 2.06. The molecule has 94 valence electrons. The molecule has 2 aromatic rings. The number of nitrogens with one attached hydrogen (secondary N) is 1. The molecule has 3 rings (SSSR count). The number of hydrogen-bond acceptors (Lipinski definition) is 3. The molecule has 5 nitrogen and oxygen atoms in total. The second kappa shape index (κ2) is 3.89. The molecule has 0 saturated carbocycles. The van der Waals surface area contributed by atoms with Gasteiger partial charge >= 0.3 is 0 Å². The van der Waals surface area contributed by atoms with Gasteiger partial charge in [-0.25, -0.2) is 0 Å². The highest BCUT2D eigenvalue weighted by atomic mass is 16.2. The number of nitriles is 1. The summed E-state index contributed by atoms with van der Waals surface area (Å²) in [6, 6.07) is 9.55. The lowest BCUT2D eigenvalue weighted by Gasteiger charge is -2.10. The predicted octanol–water partition coefficient (Wildman–Crippen LogP) is 1.65. The zero-order valence-corrected chi connectivity index (χ0v) is 10.4. The Morgan fingerprint density at radius 1 is 1.42 bits per heavy atom. The van der Waals surface area contributed by atoms with E-state index in [1.54, 1.807) is 18.0 Å². The maximum absolute atomic E-state index is 11.6. The van der Waals surface area contributed by atoms with Crippen molar-refractivity contribution in [3.8, 4) is 17.3 Å². The molecule has 0 atom stereocenters. The lowest BCUT2D eigenvalue weighted by molar-refractivity contribution is -0.117. The molecule has 0 bridgehead atoms. The Labute approximate surface area is 110 Å². The first kappa shape index (κ1) is 11.4. The van der Waals surface area contributed by atoms with E-state index in [2.05, 4.69) is 4.98 Å². The van der Waals surface area contributed by atoms with E-state index >= 15 is 0 Å². The molecular formula is C14H12N4O. The predicted molar refractivity (Wildman–Crippen MR) is 72.5 cm³/mol. The number of nitrogen functional groups attached to an aromatic ring is 1. The molecule has 3 N–H and O–H groups in total. The summed E-state index contributed by atoms with van der Waals surface area (Å²) in [5.41, 5.74) is 9.79. The van der Waals surface area contributed by atoms with E-state index in [1.165, 1.54) is 0 Å². The fraction of sp³-hybridized carbons (Fsp3) is 0.143. The fourth-order valence-corrected chi connectivity index (χ4v) is 2.36. The number of nitrogens with two attached hydrogens (primary N) is 1. The molecule has 1 aliphatic heterocycles. The minimum Gasteiger partial charge on any atom is -0.384 e. The Kier molecular flexibility index (Phi) is 2.32. The summed E-state index contributed by atoms with van der Waals surface area (Å²) >= 11 is 0. The van der Waals surface area contributed by atoms with Crippen LogP contribution in [0.5, 0.6) is 0 Å². The number of benzene rings is 1. The summed E-state index contributed by atoms with van der Waals surface area (Å²) in [5.74, 6) is 0.460. The minimum absolute atomic E-state index is 0.0934. The average Bonchev–Trinajstić information content (AvgIpc) is 2.91. The molecule has 1 aromatic heterocycles. The quantitative estimate of drug-likeness (QED) is 0.809. The number of fused-ring (bicyclic) bond motifs is 1. The molecule has 0 saturated heterocycles. The molecule has 0 spiro atoms. The highest BCUT2D eigenvalue weighted by Gasteiger charge is 2.24. The monoisotopic (exact) mass is 252 g/mol. The van der Waals surface area contributed by atoms with Crippen molar-refractivity contribution in [2.24, 2.45) is 0 Å². The molecule has 1 aromatic carbocycles. The first-order chi connectivity index (χ1) is 9.10. The van der Waals surface area contributed by atoms with Crippen molar-refractivity contribution >= 4 is 17.4 Å². The fourth-order valence-electron chi connectivity index (χ4n) is 2.36. The molecule has 1 amide bonds. The zero-order valence-electron chi connectivity index (χ0n) is 10.4. The number of anilines is 2. The first-order valence-electron chi connectivity index (χ1n) is 5.88. The zero-order chi connectivity index (χ0) is 13.6. The summed E-state index contributed by atoms with van der Waals surface area (Å²) in [6.07, 6.45) is 0.418. The van der Waals surface area contributed by atoms with Crippen molar-refractivity contribution in [1.29, 1.82) is 5.26 Å². The molecule has 19 heavy (non-hydrogen) atoms. The van der Waals surface area contributed by atoms with Gasteiger partial charge in [-0.15, -0.1) is 0 Å². The summed E-state index contributed by atoms with van der Waals surface area (Å²) in [4.78, 5) is 16.3. The van der Waals surface area contributed by atoms with E-state index in [-0.39, 0.29) is 5.91 Å². The number of nitrogens with zero attached hydrogens (tertiary/aromatic N) is 2. The van der Waals surface area contributed by atoms with E-state index in [1.807, 2.05) is 24.3 Å². The second-order valence-electron chi connectivity index (χ2n) is 4.60. The molecule has 0 fully saturated rings. The average molecular weight is 252 g/mol. The summed E-state index contributed by atoms with van der Waals surface area (Å²) in [6.45, 7) is 0. The van der Waals surface area contributed by atoms with Gasteiger partial charge in [0, 0.05) is 18.4 Å². The highest BCUT2D eigenvalue weighted by molar-refractivity contribution is 6.01. The van der Waals surface area contributed by atoms with Crippen LogP contribution in [0.3, 0.4) is 0 Å². The van der Waals surface area contributed by atoms with Crippen LogP contribution < -0.4 is 10.6 Å². The van der Waals surface area contributed by atoms with Crippen molar-refractivity contribution < 1.29 is 4.79 Å². The number of H-pyrrole nitrogens is 1. The molecule has 0 radical (unpaired) electrons. The lowest BCUT2D eigenvalue weighted by atomic mass is 10.1. The smallest absolute Gasteiger partial charge is 0.231 e. The van der Waals surface area contributed by atoms with Gasteiger partial charge in [0.2, 0.25) is 5.91 Å². The summed E-state index contributed by atoms with van der Waals surface area (Å²) < 4.78 is 0. The van der Waals surface area contributed by atoms with Gasteiger partial charge in [0.25, 0.3) is 0 Å². The first-order valence-corrected chi connectivity index (χ1v) is 5.88. The van der Waals surface area contributed by atoms with E-state index in [0.29, 0.717) is 17.8 Å². The standard InChI is InChI=1S/C14H12N4O/c1-18-12-3-2-8(4-9(12)6-13(18)19)11-5-10(7-15)14(16)17-11/h2-5,17H,6,16H2,1H3. The minimum atomic E-state index is 0.0934. The summed E-state index contributed by atoms with van der Waals surface area (Å²) in [7, 11) is 1.77. The highest BCUT2D eigenvalue weighted by Crippen LogP contribution is 2.32. The Morgan fingerprint density at radius 3 is 2.89 bits per heavy atom. The number of carbonyl (C=O) groups excluding carboxylic acids is 1. The van der Waals surface area contributed by atoms with Crippen molar-refractivity contribution in [2.75, 3.05) is 17.7 Å². The van der Waals surface area contributed by atoms with Gasteiger partial charge < -0.3 is 15.6 Å².